The molecule has 1 fully saturated rings. The summed E-state index contributed by atoms with van der Waals surface area (Å²) in [5, 5.41) is 23.5. The molecule has 0 unspecified atom stereocenters. The maximum absolute atomic E-state index is 9.61. The number of phenols is 1. The van der Waals surface area contributed by atoms with Crippen LogP contribution >= 0.6 is 0 Å². The van der Waals surface area contributed by atoms with Crippen LogP contribution in [-0.2, 0) is 0 Å². The number of phenolic OH excluding ortho intramolecular Hbond substituents is 1. The number of aromatic nitrogens is 1. The quantitative estimate of drug-likeness (QED) is 0.508. The van der Waals surface area contributed by atoms with Gasteiger partial charge in [0.1, 0.15) is 17.4 Å². The van der Waals surface area contributed by atoms with E-state index in [-0.39, 0.29) is 17.9 Å². The number of benzene rings is 1. The lowest BCUT2D eigenvalue weighted by Crippen LogP contribution is -2.33. The van der Waals surface area contributed by atoms with Crippen LogP contribution < -0.4 is 11.1 Å². The Bertz CT molecular complexity index is 814. The molecule has 0 saturated heterocycles. The van der Waals surface area contributed by atoms with Gasteiger partial charge < -0.3 is 25.8 Å². The molecule has 6 heteroatoms. The third kappa shape index (κ3) is 4.03. The average molecular weight is 340 g/mol. The SMILES string of the molecule is C=C(N=C(/C=C\N)n1ccc2cc(O)ccc21)NC1CCC(O)CC1. The van der Waals surface area contributed by atoms with Gasteiger partial charge in [0.25, 0.3) is 0 Å². The molecular weight excluding hydrogens is 316 g/mol. The molecule has 1 aliphatic rings. The molecule has 5 N–H and O–H groups in total. The number of rotatable bonds is 4. The van der Waals surface area contributed by atoms with Crippen molar-refractivity contribution < 1.29 is 10.2 Å². The minimum Gasteiger partial charge on any atom is -0.508 e. The van der Waals surface area contributed by atoms with Gasteiger partial charge in [-0.05, 0) is 62.2 Å². The Morgan fingerprint density at radius 2 is 2.04 bits per heavy atom. The smallest absolute Gasteiger partial charge is 0.140 e. The number of nitrogens with zero attached hydrogens (tertiary/aromatic N) is 2. The van der Waals surface area contributed by atoms with E-state index in [1.54, 1.807) is 18.2 Å². The van der Waals surface area contributed by atoms with E-state index in [0.717, 1.165) is 36.6 Å². The minimum absolute atomic E-state index is 0.187. The number of hydrogen-bond acceptors (Lipinski definition) is 5. The summed E-state index contributed by atoms with van der Waals surface area (Å²) in [5.74, 6) is 1.43. The van der Waals surface area contributed by atoms with Crippen LogP contribution in [0.5, 0.6) is 5.75 Å². The molecule has 0 spiro atoms. The summed E-state index contributed by atoms with van der Waals surface area (Å²) < 4.78 is 1.90. The van der Waals surface area contributed by atoms with Crippen molar-refractivity contribution >= 4 is 16.7 Å². The number of nitrogens with two attached hydrogens (primary N) is 1. The van der Waals surface area contributed by atoms with Crippen LogP contribution in [0.25, 0.3) is 10.9 Å². The number of aliphatic hydroxyl groups excluding tert-OH is 1. The van der Waals surface area contributed by atoms with Crippen LogP contribution in [0.2, 0.25) is 0 Å². The Kier molecular flexibility index (Phi) is 5.09. The summed E-state index contributed by atoms with van der Waals surface area (Å²) >= 11 is 0. The highest BCUT2D eigenvalue weighted by atomic mass is 16.3. The molecule has 1 aromatic heterocycles. The molecule has 3 rings (SSSR count). The lowest BCUT2D eigenvalue weighted by Gasteiger charge is -2.26. The molecular formula is C19H24N4O2. The molecule has 132 valence electrons. The Labute approximate surface area is 147 Å². The third-order valence-electron chi connectivity index (χ3n) is 4.48. The second-order valence-electron chi connectivity index (χ2n) is 6.35. The average Bonchev–Trinajstić information content (AvgIpc) is 2.99. The molecule has 0 amide bonds. The van der Waals surface area contributed by atoms with Gasteiger partial charge in [-0.2, -0.15) is 0 Å². The first-order chi connectivity index (χ1) is 12.1. The number of aromatic hydroxyl groups is 1. The zero-order chi connectivity index (χ0) is 17.8. The summed E-state index contributed by atoms with van der Waals surface area (Å²) in [6, 6.07) is 7.37. The van der Waals surface area contributed by atoms with Crippen LogP contribution in [0.3, 0.4) is 0 Å². The van der Waals surface area contributed by atoms with E-state index in [9.17, 15) is 10.2 Å². The number of nitrogens with one attached hydrogen (secondary N) is 1. The number of hydrogen-bond donors (Lipinski definition) is 4. The van der Waals surface area contributed by atoms with Gasteiger partial charge in [0, 0.05) is 17.6 Å². The van der Waals surface area contributed by atoms with Crippen molar-refractivity contribution in [1.29, 1.82) is 0 Å². The van der Waals surface area contributed by atoms with E-state index in [1.807, 2.05) is 22.9 Å². The zero-order valence-corrected chi connectivity index (χ0v) is 14.1. The molecule has 0 radical (unpaired) electrons. The first-order valence-corrected chi connectivity index (χ1v) is 8.48. The van der Waals surface area contributed by atoms with Gasteiger partial charge >= 0.3 is 0 Å². The van der Waals surface area contributed by atoms with Crippen molar-refractivity contribution in [1.82, 2.24) is 9.88 Å². The van der Waals surface area contributed by atoms with Crippen LogP contribution in [0.15, 0.2) is 60.1 Å². The highest BCUT2D eigenvalue weighted by Crippen LogP contribution is 2.22. The number of aliphatic hydroxyl groups is 1. The fraction of sp³-hybridized carbons (Fsp3) is 0.316. The molecule has 2 aromatic rings. The molecule has 0 bridgehead atoms. The molecule has 1 saturated carbocycles. The van der Waals surface area contributed by atoms with E-state index in [4.69, 9.17) is 5.73 Å². The van der Waals surface area contributed by atoms with E-state index < -0.39 is 0 Å². The van der Waals surface area contributed by atoms with E-state index in [0.29, 0.717) is 11.7 Å². The lowest BCUT2D eigenvalue weighted by molar-refractivity contribution is 0.118. The van der Waals surface area contributed by atoms with Gasteiger partial charge in [0.15, 0.2) is 0 Å². The molecule has 0 atom stereocenters. The third-order valence-corrected chi connectivity index (χ3v) is 4.48. The van der Waals surface area contributed by atoms with Gasteiger partial charge in [-0.1, -0.05) is 6.58 Å². The molecule has 25 heavy (non-hydrogen) atoms. The maximum atomic E-state index is 9.61. The number of allylic oxidation sites excluding steroid dienone is 1. The molecule has 1 aromatic carbocycles. The van der Waals surface area contributed by atoms with Crippen molar-refractivity contribution in [3.8, 4) is 5.75 Å². The van der Waals surface area contributed by atoms with Crippen molar-refractivity contribution in [3.63, 3.8) is 0 Å². The lowest BCUT2D eigenvalue weighted by atomic mass is 9.93. The summed E-state index contributed by atoms with van der Waals surface area (Å²) in [5.41, 5.74) is 6.51. The fourth-order valence-electron chi connectivity index (χ4n) is 3.21. The summed E-state index contributed by atoms with van der Waals surface area (Å²) in [6.07, 6.45) is 8.26. The minimum atomic E-state index is -0.187. The van der Waals surface area contributed by atoms with Gasteiger partial charge in [-0.25, -0.2) is 4.99 Å². The van der Waals surface area contributed by atoms with Crippen molar-refractivity contribution in [2.24, 2.45) is 10.7 Å². The topological polar surface area (TPSA) is 95.8 Å². The summed E-state index contributed by atoms with van der Waals surface area (Å²) in [6.45, 7) is 4.00. The Morgan fingerprint density at radius 3 is 2.76 bits per heavy atom. The largest absolute Gasteiger partial charge is 0.508 e. The van der Waals surface area contributed by atoms with Gasteiger partial charge in [0.05, 0.1) is 11.6 Å². The van der Waals surface area contributed by atoms with Gasteiger partial charge in [0.2, 0.25) is 0 Å². The standard InChI is InChI=1S/C19H24N4O2/c1-13(21-15-2-4-16(24)5-3-15)22-19(8-10-20)23-11-9-14-12-17(25)6-7-18(14)23/h6-12,15-16,21,24-25H,1-5,20H2/b10-8-,22-19?. The van der Waals surface area contributed by atoms with Crippen molar-refractivity contribution in [3.05, 3.63) is 55.1 Å². The van der Waals surface area contributed by atoms with Gasteiger partial charge in [-0.15, -0.1) is 0 Å². The highest BCUT2D eigenvalue weighted by Gasteiger charge is 2.19. The Hall–Kier alpha value is -2.73. The number of fused-ring (bicyclic) bond motifs is 1. The van der Waals surface area contributed by atoms with Crippen LogP contribution in [-0.4, -0.2) is 32.8 Å². The highest BCUT2D eigenvalue weighted by molar-refractivity contribution is 6.02. The van der Waals surface area contributed by atoms with Crippen LogP contribution in [0.4, 0.5) is 0 Å². The predicted molar refractivity (Wildman–Crippen MR) is 100 cm³/mol. The van der Waals surface area contributed by atoms with Crippen LogP contribution in [0.1, 0.15) is 25.7 Å². The second kappa shape index (κ2) is 7.44. The monoisotopic (exact) mass is 340 g/mol. The molecule has 6 nitrogen and oxygen atoms in total. The van der Waals surface area contributed by atoms with Crippen LogP contribution in [0, 0.1) is 0 Å². The first-order valence-electron chi connectivity index (χ1n) is 8.48. The number of aliphatic imine (C=N–C) groups is 1. The first kappa shape index (κ1) is 17.1. The Morgan fingerprint density at radius 1 is 1.28 bits per heavy atom. The van der Waals surface area contributed by atoms with E-state index in [2.05, 4.69) is 16.9 Å². The molecule has 1 aliphatic carbocycles. The van der Waals surface area contributed by atoms with Crippen molar-refractivity contribution in [2.45, 2.75) is 37.8 Å². The van der Waals surface area contributed by atoms with E-state index >= 15 is 0 Å². The zero-order valence-electron chi connectivity index (χ0n) is 14.1. The predicted octanol–water partition coefficient (Wildman–Crippen LogP) is 2.43. The normalized spacial score (nSPS) is 21.7. The second-order valence-corrected chi connectivity index (χ2v) is 6.35. The van der Waals surface area contributed by atoms with Gasteiger partial charge in [-0.3, -0.25) is 0 Å². The molecule has 1 heterocycles. The summed E-state index contributed by atoms with van der Waals surface area (Å²) in [7, 11) is 0. The molecule has 0 aliphatic heterocycles. The fourth-order valence-corrected chi connectivity index (χ4v) is 3.21. The summed E-state index contributed by atoms with van der Waals surface area (Å²) in [4.78, 5) is 4.58. The Balaban J connectivity index is 1.82. The van der Waals surface area contributed by atoms with Crippen molar-refractivity contribution in [2.75, 3.05) is 0 Å². The van der Waals surface area contributed by atoms with E-state index in [1.165, 1.54) is 6.20 Å². The maximum Gasteiger partial charge on any atom is 0.140 e.